The van der Waals surface area contributed by atoms with Crippen LogP contribution in [0, 0.1) is 6.92 Å². The lowest BCUT2D eigenvalue weighted by Gasteiger charge is -2.09. The summed E-state index contributed by atoms with van der Waals surface area (Å²) in [7, 11) is -3.10. The van der Waals surface area contributed by atoms with Crippen molar-refractivity contribution in [2.75, 3.05) is 18.6 Å². The standard InChI is InChI=1S/C19H19NO3S2/c1-13-3-5-14(6-4-13)17-11-15(12-18-16(17)7-9-24-18)19(21)20-8-10-25(2,22)23/h3-7,9,11-12H,8,10H2,1-2H3,(H,20,21). The molecule has 0 aliphatic rings. The van der Waals surface area contributed by atoms with Crippen molar-refractivity contribution in [2.24, 2.45) is 0 Å². The van der Waals surface area contributed by atoms with Gasteiger partial charge in [-0.15, -0.1) is 11.3 Å². The van der Waals surface area contributed by atoms with E-state index in [2.05, 4.69) is 11.4 Å². The zero-order valence-corrected chi connectivity index (χ0v) is 15.7. The second-order valence-electron chi connectivity index (χ2n) is 6.11. The van der Waals surface area contributed by atoms with Crippen LogP contribution < -0.4 is 5.32 Å². The van der Waals surface area contributed by atoms with E-state index in [1.165, 1.54) is 5.56 Å². The number of carbonyl (C=O) groups is 1. The van der Waals surface area contributed by atoms with Gasteiger partial charge in [-0.25, -0.2) is 8.42 Å². The van der Waals surface area contributed by atoms with Crippen molar-refractivity contribution in [3.63, 3.8) is 0 Å². The van der Waals surface area contributed by atoms with Gasteiger partial charge >= 0.3 is 0 Å². The van der Waals surface area contributed by atoms with E-state index in [4.69, 9.17) is 0 Å². The molecule has 0 saturated carbocycles. The van der Waals surface area contributed by atoms with Gasteiger partial charge in [0.1, 0.15) is 9.84 Å². The van der Waals surface area contributed by atoms with Gasteiger partial charge in [-0.05, 0) is 41.6 Å². The monoisotopic (exact) mass is 373 g/mol. The summed E-state index contributed by atoms with van der Waals surface area (Å²) in [6.45, 7) is 2.15. The molecule has 2 aromatic carbocycles. The molecule has 0 spiro atoms. The smallest absolute Gasteiger partial charge is 0.251 e. The Kier molecular flexibility index (Phi) is 4.92. The van der Waals surface area contributed by atoms with Gasteiger partial charge in [0.25, 0.3) is 5.91 Å². The topological polar surface area (TPSA) is 63.2 Å². The molecule has 1 amide bonds. The van der Waals surface area contributed by atoms with Crippen LogP contribution in [0.3, 0.4) is 0 Å². The van der Waals surface area contributed by atoms with Gasteiger partial charge in [-0.3, -0.25) is 4.79 Å². The van der Waals surface area contributed by atoms with Crippen LogP contribution in [-0.4, -0.2) is 32.9 Å². The van der Waals surface area contributed by atoms with Gasteiger partial charge in [0.15, 0.2) is 0 Å². The van der Waals surface area contributed by atoms with Crippen molar-refractivity contribution in [1.82, 2.24) is 5.32 Å². The summed E-state index contributed by atoms with van der Waals surface area (Å²) in [6, 6.07) is 14.0. The highest BCUT2D eigenvalue weighted by Crippen LogP contribution is 2.33. The first kappa shape index (κ1) is 17.6. The molecule has 6 heteroatoms. The summed E-state index contributed by atoms with van der Waals surface area (Å²) in [4.78, 5) is 12.4. The largest absolute Gasteiger partial charge is 0.351 e. The van der Waals surface area contributed by atoms with E-state index >= 15 is 0 Å². The number of nitrogens with one attached hydrogen (secondary N) is 1. The van der Waals surface area contributed by atoms with Crippen LogP contribution in [0.2, 0.25) is 0 Å². The summed E-state index contributed by atoms with van der Waals surface area (Å²) in [6.07, 6.45) is 1.16. The Hall–Kier alpha value is -2.18. The number of sulfone groups is 1. The van der Waals surface area contributed by atoms with Crippen molar-refractivity contribution in [1.29, 1.82) is 0 Å². The number of carbonyl (C=O) groups excluding carboxylic acids is 1. The maximum absolute atomic E-state index is 12.4. The molecule has 1 heterocycles. The van der Waals surface area contributed by atoms with Crippen molar-refractivity contribution in [2.45, 2.75) is 6.92 Å². The number of benzene rings is 2. The summed E-state index contributed by atoms with van der Waals surface area (Å²) in [5, 5.41) is 5.81. The third kappa shape index (κ3) is 4.27. The highest BCUT2D eigenvalue weighted by Gasteiger charge is 2.13. The molecule has 3 aromatic rings. The molecule has 0 radical (unpaired) electrons. The number of rotatable bonds is 5. The highest BCUT2D eigenvalue weighted by atomic mass is 32.2. The first-order valence-corrected chi connectivity index (χ1v) is 10.8. The first-order chi connectivity index (χ1) is 11.8. The molecule has 0 bridgehead atoms. The quantitative estimate of drug-likeness (QED) is 0.742. The van der Waals surface area contributed by atoms with Crippen LogP contribution in [0.15, 0.2) is 47.8 Å². The van der Waals surface area contributed by atoms with Gasteiger partial charge < -0.3 is 5.32 Å². The molecule has 0 fully saturated rings. The Morgan fingerprint density at radius 2 is 1.84 bits per heavy atom. The minimum absolute atomic E-state index is 0.0647. The van der Waals surface area contributed by atoms with E-state index in [-0.39, 0.29) is 18.2 Å². The van der Waals surface area contributed by atoms with E-state index in [0.717, 1.165) is 27.5 Å². The summed E-state index contributed by atoms with van der Waals surface area (Å²) < 4.78 is 23.4. The SMILES string of the molecule is Cc1ccc(-c2cc(C(=O)NCCS(C)(=O)=O)cc3sccc23)cc1. The minimum atomic E-state index is -3.10. The molecule has 0 aliphatic carbocycles. The third-order valence-corrected chi connectivity index (χ3v) is 5.76. The van der Waals surface area contributed by atoms with Crippen molar-refractivity contribution < 1.29 is 13.2 Å². The average Bonchev–Trinajstić information content (AvgIpc) is 3.02. The molecule has 0 unspecified atom stereocenters. The Labute approximate surface area is 151 Å². The van der Waals surface area contributed by atoms with Gasteiger partial charge in [0.05, 0.1) is 5.75 Å². The lowest BCUT2D eigenvalue weighted by Crippen LogP contribution is -2.28. The zero-order chi connectivity index (χ0) is 18.0. The fourth-order valence-electron chi connectivity index (χ4n) is 2.63. The number of aryl methyl sites for hydroxylation is 1. The lowest BCUT2D eigenvalue weighted by atomic mass is 9.98. The molecule has 25 heavy (non-hydrogen) atoms. The molecule has 0 saturated heterocycles. The van der Waals surface area contributed by atoms with E-state index in [0.29, 0.717) is 5.56 Å². The number of amides is 1. The lowest BCUT2D eigenvalue weighted by molar-refractivity contribution is 0.0956. The number of hydrogen-bond acceptors (Lipinski definition) is 4. The van der Waals surface area contributed by atoms with E-state index < -0.39 is 9.84 Å². The summed E-state index contributed by atoms with van der Waals surface area (Å²) in [5.74, 6) is -0.322. The predicted molar refractivity (Wildman–Crippen MR) is 104 cm³/mol. The Morgan fingerprint density at radius 3 is 2.52 bits per heavy atom. The maximum Gasteiger partial charge on any atom is 0.251 e. The molecule has 4 nitrogen and oxygen atoms in total. The average molecular weight is 373 g/mol. The first-order valence-electron chi connectivity index (χ1n) is 7.88. The van der Waals surface area contributed by atoms with Gasteiger partial charge in [0, 0.05) is 28.5 Å². The highest BCUT2D eigenvalue weighted by molar-refractivity contribution is 7.90. The zero-order valence-electron chi connectivity index (χ0n) is 14.1. The molecule has 130 valence electrons. The van der Waals surface area contributed by atoms with E-state index in [1.807, 2.05) is 48.7 Å². The maximum atomic E-state index is 12.4. The Morgan fingerprint density at radius 1 is 1.12 bits per heavy atom. The second kappa shape index (κ2) is 6.98. The second-order valence-corrected chi connectivity index (χ2v) is 9.32. The van der Waals surface area contributed by atoms with Crippen LogP contribution in [0.5, 0.6) is 0 Å². The van der Waals surface area contributed by atoms with E-state index in [1.54, 1.807) is 11.3 Å². The normalized spacial score (nSPS) is 11.6. The Balaban J connectivity index is 1.94. The molecule has 1 aromatic heterocycles. The van der Waals surface area contributed by atoms with Gasteiger partial charge in [-0.1, -0.05) is 29.8 Å². The van der Waals surface area contributed by atoms with Crippen LogP contribution in [0.25, 0.3) is 21.2 Å². The number of fused-ring (bicyclic) bond motifs is 1. The summed E-state index contributed by atoms with van der Waals surface area (Å²) >= 11 is 1.58. The fraction of sp³-hybridized carbons (Fsp3) is 0.211. The fourth-order valence-corrected chi connectivity index (χ4v) is 3.95. The van der Waals surface area contributed by atoms with Crippen LogP contribution in [-0.2, 0) is 9.84 Å². The molecular weight excluding hydrogens is 354 g/mol. The van der Waals surface area contributed by atoms with Gasteiger partial charge in [-0.2, -0.15) is 0 Å². The summed E-state index contributed by atoms with van der Waals surface area (Å²) in [5.41, 5.74) is 3.78. The van der Waals surface area contributed by atoms with Crippen molar-refractivity contribution >= 4 is 37.2 Å². The van der Waals surface area contributed by atoms with Crippen LogP contribution in [0.1, 0.15) is 15.9 Å². The number of hydrogen-bond donors (Lipinski definition) is 1. The third-order valence-electron chi connectivity index (χ3n) is 3.95. The number of thiophene rings is 1. The van der Waals surface area contributed by atoms with Crippen LogP contribution in [0.4, 0.5) is 0 Å². The molecule has 3 rings (SSSR count). The van der Waals surface area contributed by atoms with Gasteiger partial charge in [0.2, 0.25) is 0 Å². The molecule has 1 N–H and O–H groups in total. The van der Waals surface area contributed by atoms with Crippen molar-refractivity contribution in [3.05, 3.63) is 59.0 Å². The molecule has 0 aliphatic heterocycles. The molecule has 0 atom stereocenters. The van der Waals surface area contributed by atoms with Crippen LogP contribution >= 0.6 is 11.3 Å². The Bertz CT molecular complexity index is 1020. The van der Waals surface area contributed by atoms with E-state index in [9.17, 15) is 13.2 Å². The molecular formula is C19H19NO3S2. The minimum Gasteiger partial charge on any atom is -0.351 e. The van der Waals surface area contributed by atoms with Crippen molar-refractivity contribution in [3.8, 4) is 11.1 Å². The predicted octanol–water partition coefficient (Wildman–Crippen LogP) is 3.65.